The van der Waals surface area contributed by atoms with E-state index in [2.05, 4.69) is 25.7 Å². The van der Waals surface area contributed by atoms with Gasteiger partial charge in [-0.1, -0.05) is 33.6 Å². The Labute approximate surface area is 118 Å². The second kappa shape index (κ2) is 6.11. The number of hydrogen-bond acceptors (Lipinski definition) is 3. The van der Waals surface area contributed by atoms with Crippen LogP contribution in [0.5, 0.6) is 0 Å². The van der Waals surface area contributed by atoms with E-state index in [4.69, 9.17) is 5.73 Å². The molecule has 1 saturated heterocycles. The summed E-state index contributed by atoms with van der Waals surface area (Å²) in [6.07, 6.45) is 8.12. The normalized spacial score (nSPS) is 29.8. The Morgan fingerprint density at radius 3 is 2.32 bits per heavy atom. The monoisotopic (exact) mass is 268 g/mol. The van der Waals surface area contributed by atoms with Crippen LogP contribution in [-0.2, 0) is 0 Å². The van der Waals surface area contributed by atoms with Gasteiger partial charge in [0.05, 0.1) is 6.61 Å². The van der Waals surface area contributed by atoms with Crippen molar-refractivity contribution in [3.8, 4) is 0 Å². The van der Waals surface area contributed by atoms with E-state index in [1.165, 1.54) is 38.5 Å². The lowest BCUT2D eigenvalue weighted by Crippen LogP contribution is -2.57. The molecule has 3 heteroatoms. The second-order valence-corrected chi connectivity index (χ2v) is 7.63. The number of aliphatic hydroxyl groups excluding tert-OH is 1. The van der Waals surface area contributed by atoms with E-state index in [1.807, 2.05) is 0 Å². The van der Waals surface area contributed by atoms with Gasteiger partial charge in [0.15, 0.2) is 0 Å². The largest absolute Gasteiger partial charge is 0.395 e. The number of aliphatic hydroxyl groups is 1. The van der Waals surface area contributed by atoms with Gasteiger partial charge in [-0.15, -0.1) is 0 Å². The summed E-state index contributed by atoms with van der Waals surface area (Å²) in [5.74, 6) is 0.851. The van der Waals surface area contributed by atoms with Crippen LogP contribution in [-0.4, -0.2) is 41.3 Å². The van der Waals surface area contributed by atoms with E-state index >= 15 is 0 Å². The zero-order chi connectivity index (χ0) is 14.0. The fourth-order valence-corrected chi connectivity index (χ4v) is 4.08. The number of hydrogen-bond donors (Lipinski definition) is 2. The minimum absolute atomic E-state index is 0.0412. The van der Waals surface area contributed by atoms with Gasteiger partial charge in [0.2, 0.25) is 0 Å². The van der Waals surface area contributed by atoms with Gasteiger partial charge in [-0.05, 0) is 43.6 Å². The first-order valence-corrected chi connectivity index (χ1v) is 8.07. The van der Waals surface area contributed by atoms with Crippen molar-refractivity contribution in [3.63, 3.8) is 0 Å². The summed E-state index contributed by atoms with van der Waals surface area (Å²) >= 11 is 0. The van der Waals surface area contributed by atoms with Crippen molar-refractivity contribution in [3.05, 3.63) is 0 Å². The molecule has 3 nitrogen and oxygen atoms in total. The van der Waals surface area contributed by atoms with Crippen LogP contribution in [0.1, 0.15) is 59.3 Å². The van der Waals surface area contributed by atoms with Crippen LogP contribution in [0.15, 0.2) is 0 Å². The molecule has 2 rings (SSSR count). The van der Waals surface area contributed by atoms with Crippen molar-refractivity contribution in [2.45, 2.75) is 77.4 Å². The maximum Gasteiger partial charge on any atom is 0.0602 e. The molecule has 1 aliphatic carbocycles. The number of likely N-dealkylation sites (tertiary alicyclic amines) is 1. The third-order valence-corrected chi connectivity index (χ3v) is 5.31. The van der Waals surface area contributed by atoms with Crippen molar-refractivity contribution in [2.24, 2.45) is 17.1 Å². The van der Waals surface area contributed by atoms with E-state index in [0.29, 0.717) is 6.04 Å². The molecule has 0 amide bonds. The number of nitrogens with two attached hydrogens (primary N) is 1. The van der Waals surface area contributed by atoms with Gasteiger partial charge in [0.25, 0.3) is 0 Å². The number of nitrogens with zero attached hydrogens (tertiary/aromatic N) is 1. The summed E-state index contributed by atoms with van der Waals surface area (Å²) in [4.78, 5) is 2.55. The van der Waals surface area contributed by atoms with E-state index in [9.17, 15) is 5.11 Å². The molecule has 1 saturated carbocycles. The Hall–Kier alpha value is -0.120. The molecule has 2 fully saturated rings. The highest BCUT2D eigenvalue weighted by atomic mass is 16.3. The van der Waals surface area contributed by atoms with Crippen molar-refractivity contribution in [1.82, 2.24) is 4.90 Å². The molecule has 19 heavy (non-hydrogen) atoms. The first kappa shape index (κ1) is 15.3. The molecule has 112 valence electrons. The van der Waals surface area contributed by atoms with Crippen molar-refractivity contribution in [1.29, 1.82) is 0 Å². The maximum atomic E-state index is 9.86. The molecule has 2 aliphatic rings. The molecule has 0 aromatic carbocycles. The predicted molar refractivity (Wildman–Crippen MR) is 80.0 cm³/mol. The lowest BCUT2D eigenvalue weighted by molar-refractivity contribution is 0.0451. The predicted octanol–water partition coefficient (Wildman–Crippen LogP) is 2.38. The van der Waals surface area contributed by atoms with Crippen LogP contribution in [0, 0.1) is 11.3 Å². The summed E-state index contributed by atoms with van der Waals surface area (Å²) < 4.78 is 0. The van der Waals surface area contributed by atoms with Crippen molar-refractivity contribution in [2.75, 3.05) is 13.2 Å². The molecular weight excluding hydrogens is 236 g/mol. The minimum atomic E-state index is 0.0412. The molecule has 3 unspecified atom stereocenters. The summed E-state index contributed by atoms with van der Waals surface area (Å²) in [6, 6.07) is 0.848. The molecule has 0 radical (unpaired) electrons. The SMILES string of the molecule is CC(C)(C)C(N)C(CO)N1CCCC1C1CCCC1. The van der Waals surface area contributed by atoms with E-state index in [0.717, 1.165) is 12.5 Å². The summed E-state index contributed by atoms with van der Waals surface area (Å²) in [5, 5.41) is 9.86. The Morgan fingerprint density at radius 2 is 1.79 bits per heavy atom. The minimum Gasteiger partial charge on any atom is -0.395 e. The van der Waals surface area contributed by atoms with E-state index in [-0.39, 0.29) is 24.1 Å². The number of rotatable bonds is 4. The molecule has 0 bridgehead atoms. The lowest BCUT2D eigenvalue weighted by Gasteiger charge is -2.42. The fraction of sp³-hybridized carbons (Fsp3) is 1.00. The Kier molecular flexibility index (Phi) is 4.91. The van der Waals surface area contributed by atoms with Crippen LogP contribution in [0.3, 0.4) is 0 Å². The van der Waals surface area contributed by atoms with Gasteiger partial charge in [0, 0.05) is 18.1 Å². The molecular formula is C16H32N2O. The molecule has 0 aromatic heterocycles. The van der Waals surface area contributed by atoms with Crippen LogP contribution >= 0.6 is 0 Å². The highest BCUT2D eigenvalue weighted by Gasteiger charge is 2.41. The third-order valence-electron chi connectivity index (χ3n) is 5.31. The quantitative estimate of drug-likeness (QED) is 0.823. The van der Waals surface area contributed by atoms with Gasteiger partial charge >= 0.3 is 0 Å². The van der Waals surface area contributed by atoms with E-state index < -0.39 is 0 Å². The van der Waals surface area contributed by atoms with Crippen molar-refractivity contribution < 1.29 is 5.11 Å². The van der Waals surface area contributed by atoms with Gasteiger partial charge in [-0.25, -0.2) is 0 Å². The first-order valence-electron chi connectivity index (χ1n) is 8.07. The fourth-order valence-electron chi connectivity index (χ4n) is 4.08. The smallest absolute Gasteiger partial charge is 0.0602 e. The Morgan fingerprint density at radius 1 is 1.16 bits per heavy atom. The summed E-state index contributed by atoms with van der Waals surface area (Å²) in [6.45, 7) is 7.86. The molecule has 0 spiro atoms. The third kappa shape index (κ3) is 3.32. The standard InChI is InChI=1S/C16H32N2O/c1-16(2,3)15(17)14(11-19)18-10-6-9-13(18)12-7-4-5-8-12/h12-15,19H,4-11,17H2,1-3H3. The zero-order valence-corrected chi connectivity index (χ0v) is 12.9. The van der Waals surface area contributed by atoms with Crippen molar-refractivity contribution >= 4 is 0 Å². The zero-order valence-electron chi connectivity index (χ0n) is 12.9. The van der Waals surface area contributed by atoms with Gasteiger partial charge < -0.3 is 10.8 Å². The Balaban J connectivity index is 2.08. The molecule has 1 heterocycles. The van der Waals surface area contributed by atoms with Gasteiger partial charge in [-0.3, -0.25) is 4.90 Å². The first-order chi connectivity index (χ1) is 8.95. The molecule has 1 aliphatic heterocycles. The molecule has 3 N–H and O–H groups in total. The van der Waals surface area contributed by atoms with E-state index in [1.54, 1.807) is 0 Å². The van der Waals surface area contributed by atoms with Crippen LogP contribution < -0.4 is 5.73 Å². The highest BCUT2D eigenvalue weighted by Crippen LogP contribution is 2.37. The molecule has 3 atom stereocenters. The lowest BCUT2D eigenvalue weighted by atomic mass is 9.81. The Bertz CT molecular complexity index is 281. The summed E-state index contributed by atoms with van der Waals surface area (Å²) in [5.41, 5.74) is 6.50. The highest BCUT2D eigenvalue weighted by molar-refractivity contribution is 4.97. The summed E-state index contributed by atoms with van der Waals surface area (Å²) in [7, 11) is 0. The molecule has 0 aromatic rings. The van der Waals surface area contributed by atoms with Crippen LogP contribution in [0.4, 0.5) is 0 Å². The topological polar surface area (TPSA) is 49.5 Å². The average molecular weight is 268 g/mol. The van der Waals surface area contributed by atoms with Crippen LogP contribution in [0.25, 0.3) is 0 Å². The van der Waals surface area contributed by atoms with Crippen LogP contribution in [0.2, 0.25) is 0 Å². The van der Waals surface area contributed by atoms with Gasteiger partial charge in [0.1, 0.15) is 0 Å². The average Bonchev–Trinajstić information content (AvgIpc) is 2.98. The van der Waals surface area contributed by atoms with Gasteiger partial charge in [-0.2, -0.15) is 0 Å². The maximum absolute atomic E-state index is 9.86. The second-order valence-electron chi connectivity index (χ2n) is 7.63.